The standard InChI is InChI=1S/C19H16N2O2/c1-2-13-7-9-14(10-8-13)18-19(11-20)12-22-16-6-4-3-5-15(16)17(19)21-23-18/h3-10,18H,2,12H2,1H3/t18-,19+/m0/s1. The minimum atomic E-state index is -0.901. The summed E-state index contributed by atoms with van der Waals surface area (Å²) in [6.45, 7) is 2.37. The van der Waals surface area contributed by atoms with Crippen LogP contribution < -0.4 is 4.74 Å². The third-order valence-corrected chi connectivity index (χ3v) is 4.61. The largest absolute Gasteiger partial charge is 0.491 e. The smallest absolute Gasteiger partial charge is 0.180 e. The number of rotatable bonds is 2. The van der Waals surface area contributed by atoms with E-state index in [-0.39, 0.29) is 6.61 Å². The second-order valence-corrected chi connectivity index (χ2v) is 5.89. The Balaban J connectivity index is 1.77. The van der Waals surface area contributed by atoms with Gasteiger partial charge in [0, 0.05) is 5.56 Å². The number of hydrogen-bond donors (Lipinski definition) is 0. The van der Waals surface area contributed by atoms with E-state index in [9.17, 15) is 5.26 Å². The molecule has 0 unspecified atom stereocenters. The van der Waals surface area contributed by atoms with Crippen LogP contribution in [0, 0.1) is 16.7 Å². The molecule has 2 atom stereocenters. The summed E-state index contributed by atoms with van der Waals surface area (Å²) in [6.07, 6.45) is 0.537. The molecule has 2 aromatic carbocycles. The Kier molecular flexibility index (Phi) is 3.09. The van der Waals surface area contributed by atoms with Crippen LogP contribution in [0.4, 0.5) is 0 Å². The van der Waals surface area contributed by atoms with E-state index >= 15 is 0 Å². The Morgan fingerprint density at radius 1 is 1.22 bits per heavy atom. The van der Waals surface area contributed by atoms with Crippen molar-refractivity contribution in [3.05, 3.63) is 65.2 Å². The van der Waals surface area contributed by atoms with E-state index in [1.165, 1.54) is 5.56 Å². The van der Waals surface area contributed by atoms with Crippen molar-refractivity contribution in [1.29, 1.82) is 5.26 Å². The van der Waals surface area contributed by atoms with Gasteiger partial charge < -0.3 is 9.57 Å². The molecule has 0 aliphatic carbocycles. The summed E-state index contributed by atoms with van der Waals surface area (Å²) in [5, 5.41) is 14.2. The van der Waals surface area contributed by atoms with Crippen LogP contribution in [0.15, 0.2) is 53.7 Å². The van der Waals surface area contributed by atoms with Crippen molar-refractivity contribution in [3.63, 3.8) is 0 Å². The number of hydrogen-bond acceptors (Lipinski definition) is 4. The van der Waals surface area contributed by atoms with Gasteiger partial charge in [-0.2, -0.15) is 5.26 Å². The highest BCUT2D eigenvalue weighted by Gasteiger charge is 2.55. The van der Waals surface area contributed by atoms with Gasteiger partial charge in [-0.1, -0.05) is 48.5 Å². The van der Waals surface area contributed by atoms with E-state index in [0.717, 1.165) is 23.3 Å². The van der Waals surface area contributed by atoms with Gasteiger partial charge in [-0.25, -0.2) is 0 Å². The predicted molar refractivity (Wildman–Crippen MR) is 86.2 cm³/mol. The van der Waals surface area contributed by atoms with Crippen molar-refractivity contribution in [2.45, 2.75) is 19.4 Å². The summed E-state index contributed by atoms with van der Waals surface area (Å²) in [5.41, 5.74) is 2.82. The molecular weight excluding hydrogens is 288 g/mol. The third kappa shape index (κ3) is 1.93. The SMILES string of the molecule is CCc1ccc([C@@H]2ON=C3c4ccccc4OC[C@]32C#N)cc1. The predicted octanol–water partition coefficient (Wildman–Crippen LogP) is 3.63. The Morgan fingerprint density at radius 3 is 2.74 bits per heavy atom. The summed E-state index contributed by atoms with van der Waals surface area (Å²) in [7, 11) is 0. The Morgan fingerprint density at radius 2 is 2.00 bits per heavy atom. The average molecular weight is 304 g/mol. The first-order chi connectivity index (χ1) is 11.3. The van der Waals surface area contributed by atoms with Crippen molar-refractivity contribution in [2.24, 2.45) is 10.6 Å². The highest BCUT2D eigenvalue weighted by Crippen LogP contribution is 2.48. The van der Waals surface area contributed by atoms with Gasteiger partial charge in [0.25, 0.3) is 0 Å². The normalized spacial score (nSPS) is 24.5. The highest BCUT2D eigenvalue weighted by molar-refractivity contribution is 6.10. The van der Waals surface area contributed by atoms with Gasteiger partial charge in [0.2, 0.25) is 0 Å². The maximum atomic E-state index is 9.92. The molecule has 4 heteroatoms. The molecule has 0 saturated carbocycles. The van der Waals surface area contributed by atoms with Crippen molar-refractivity contribution >= 4 is 5.71 Å². The molecule has 2 aliphatic rings. The fourth-order valence-electron chi connectivity index (χ4n) is 3.23. The van der Waals surface area contributed by atoms with Crippen molar-refractivity contribution in [2.75, 3.05) is 6.61 Å². The average Bonchev–Trinajstić information content (AvgIpc) is 3.02. The molecule has 0 fully saturated rings. The van der Waals surface area contributed by atoms with Crippen molar-refractivity contribution < 1.29 is 9.57 Å². The number of aryl methyl sites for hydroxylation is 1. The molecule has 0 spiro atoms. The number of nitriles is 1. The summed E-state index contributed by atoms with van der Waals surface area (Å²) >= 11 is 0. The van der Waals surface area contributed by atoms with Gasteiger partial charge in [-0.3, -0.25) is 0 Å². The second-order valence-electron chi connectivity index (χ2n) is 5.89. The summed E-state index contributed by atoms with van der Waals surface area (Å²) in [6, 6.07) is 18.2. The lowest BCUT2D eigenvalue weighted by Crippen LogP contribution is -2.42. The number of ether oxygens (including phenoxy) is 1. The van der Waals surface area contributed by atoms with E-state index in [2.05, 4.69) is 30.3 Å². The van der Waals surface area contributed by atoms with E-state index in [1.807, 2.05) is 36.4 Å². The van der Waals surface area contributed by atoms with Crippen LogP contribution >= 0.6 is 0 Å². The minimum Gasteiger partial charge on any atom is -0.491 e. The minimum absolute atomic E-state index is 0.250. The molecule has 0 radical (unpaired) electrons. The number of para-hydroxylation sites is 1. The summed E-state index contributed by atoms with van der Waals surface area (Å²) in [4.78, 5) is 5.70. The van der Waals surface area contributed by atoms with E-state index < -0.39 is 11.5 Å². The number of oxime groups is 1. The van der Waals surface area contributed by atoms with Crippen molar-refractivity contribution in [3.8, 4) is 11.8 Å². The van der Waals surface area contributed by atoms with Crippen molar-refractivity contribution in [1.82, 2.24) is 0 Å². The quantitative estimate of drug-likeness (QED) is 0.851. The van der Waals surface area contributed by atoms with Gasteiger partial charge in [0.15, 0.2) is 11.5 Å². The topological polar surface area (TPSA) is 54.6 Å². The third-order valence-electron chi connectivity index (χ3n) is 4.61. The molecule has 0 N–H and O–H groups in total. The maximum Gasteiger partial charge on any atom is 0.180 e. The van der Waals surface area contributed by atoms with Crippen LogP contribution in [0.3, 0.4) is 0 Å². The van der Waals surface area contributed by atoms with Gasteiger partial charge in [-0.15, -0.1) is 0 Å². The maximum absolute atomic E-state index is 9.92. The molecule has 2 aliphatic heterocycles. The lowest BCUT2D eigenvalue weighted by atomic mass is 9.73. The lowest BCUT2D eigenvalue weighted by Gasteiger charge is -2.32. The number of fused-ring (bicyclic) bond motifs is 3. The summed E-state index contributed by atoms with van der Waals surface area (Å²) < 4.78 is 5.84. The van der Waals surface area contributed by atoms with Crippen LogP contribution in [0.1, 0.15) is 29.7 Å². The zero-order valence-electron chi connectivity index (χ0n) is 12.8. The molecular formula is C19H16N2O2. The molecule has 2 heterocycles. The Labute approximate surface area is 135 Å². The van der Waals surface area contributed by atoms with Crippen LogP contribution in [0.5, 0.6) is 5.75 Å². The highest BCUT2D eigenvalue weighted by atomic mass is 16.6. The molecule has 0 aromatic heterocycles. The second kappa shape index (κ2) is 5.13. The van der Waals surface area contributed by atoms with Crippen LogP contribution in [-0.2, 0) is 11.3 Å². The Hall–Kier alpha value is -2.80. The molecule has 0 saturated heterocycles. The Bertz CT molecular complexity index is 820. The first kappa shape index (κ1) is 13.8. The molecule has 0 amide bonds. The van der Waals surface area contributed by atoms with E-state index in [4.69, 9.17) is 9.57 Å². The molecule has 4 nitrogen and oxygen atoms in total. The molecule has 0 bridgehead atoms. The molecule has 23 heavy (non-hydrogen) atoms. The monoisotopic (exact) mass is 304 g/mol. The van der Waals surface area contributed by atoms with Gasteiger partial charge in [0.1, 0.15) is 18.1 Å². The first-order valence-corrected chi connectivity index (χ1v) is 7.75. The van der Waals surface area contributed by atoms with Crippen LogP contribution in [0.25, 0.3) is 0 Å². The van der Waals surface area contributed by atoms with Gasteiger partial charge >= 0.3 is 0 Å². The van der Waals surface area contributed by atoms with E-state index in [1.54, 1.807) is 0 Å². The first-order valence-electron chi connectivity index (χ1n) is 7.75. The number of nitrogens with zero attached hydrogens (tertiary/aromatic N) is 2. The van der Waals surface area contributed by atoms with E-state index in [0.29, 0.717) is 5.71 Å². The zero-order valence-corrected chi connectivity index (χ0v) is 12.8. The van der Waals surface area contributed by atoms with Crippen LogP contribution in [0.2, 0.25) is 0 Å². The zero-order chi connectivity index (χ0) is 15.9. The van der Waals surface area contributed by atoms with Crippen LogP contribution in [-0.4, -0.2) is 12.3 Å². The summed E-state index contributed by atoms with van der Waals surface area (Å²) in [5.74, 6) is 0.753. The molecule has 114 valence electrons. The fraction of sp³-hybridized carbons (Fsp3) is 0.263. The van der Waals surface area contributed by atoms with Gasteiger partial charge in [-0.05, 0) is 29.7 Å². The molecule has 2 aromatic rings. The van der Waals surface area contributed by atoms with Gasteiger partial charge in [0.05, 0.1) is 6.07 Å². The lowest BCUT2D eigenvalue weighted by molar-refractivity contribution is 0.0242. The molecule has 4 rings (SSSR count). The number of benzene rings is 2. The fourth-order valence-corrected chi connectivity index (χ4v) is 3.23.